The zero-order chi connectivity index (χ0) is 10.9. The molecule has 2 heterocycles. The highest BCUT2D eigenvalue weighted by Crippen LogP contribution is 2.26. The van der Waals surface area contributed by atoms with Crippen molar-refractivity contribution in [3.63, 3.8) is 0 Å². The molecule has 2 rings (SSSR count). The van der Waals surface area contributed by atoms with Gasteiger partial charge in [0.05, 0.1) is 18.7 Å². The fourth-order valence-corrected chi connectivity index (χ4v) is 2.14. The van der Waals surface area contributed by atoms with Crippen molar-refractivity contribution >= 4 is 11.8 Å². The molecule has 5 heteroatoms. The maximum absolute atomic E-state index is 11.8. The largest absolute Gasteiger partial charge is 0.379 e. The Morgan fingerprint density at radius 2 is 2.27 bits per heavy atom. The summed E-state index contributed by atoms with van der Waals surface area (Å²) in [5.41, 5.74) is -0.219. The molecule has 2 aliphatic heterocycles. The third-order valence-corrected chi connectivity index (χ3v) is 3.15. The SMILES string of the molecule is CC1(N2CCC(=O)NCC2=O)CCOC1. The maximum Gasteiger partial charge on any atom is 0.242 e. The van der Waals surface area contributed by atoms with E-state index in [9.17, 15) is 9.59 Å². The van der Waals surface area contributed by atoms with Crippen LogP contribution in [0.4, 0.5) is 0 Å². The summed E-state index contributed by atoms with van der Waals surface area (Å²) in [7, 11) is 0. The van der Waals surface area contributed by atoms with Crippen molar-refractivity contribution in [2.75, 3.05) is 26.3 Å². The normalized spacial score (nSPS) is 32.7. The summed E-state index contributed by atoms with van der Waals surface area (Å²) in [5.74, 6) is -0.0535. The number of ether oxygens (including phenoxy) is 1. The van der Waals surface area contributed by atoms with Gasteiger partial charge in [-0.2, -0.15) is 0 Å². The number of hydrogen-bond donors (Lipinski definition) is 1. The van der Waals surface area contributed by atoms with Gasteiger partial charge in [-0.1, -0.05) is 0 Å². The molecule has 1 atom stereocenters. The fraction of sp³-hybridized carbons (Fsp3) is 0.800. The van der Waals surface area contributed by atoms with Gasteiger partial charge in [-0.3, -0.25) is 9.59 Å². The van der Waals surface area contributed by atoms with Crippen LogP contribution in [0.1, 0.15) is 19.8 Å². The highest BCUT2D eigenvalue weighted by molar-refractivity contribution is 5.87. The molecule has 2 amide bonds. The number of carbonyl (C=O) groups is 2. The van der Waals surface area contributed by atoms with E-state index in [1.165, 1.54) is 0 Å². The second-order valence-corrected chi connectivity index (χ2v) is 4.37. The van der Waals surface area contributed by atoms with E-state index in [1.807, 2.05) is 6.92 Å². The molecular weight excluding hydrogens is 196 g/mol. The number of nitrogens with zero attached hydrogens (tertiary/aromatic N) is 1. The summed E-state index contributed by atoms with van der Waals surface area (Å²) in [5, 5.41) is 2.59. The highest BCUT2D eigenvalue weighted by Gasteiger charge is 2.39. The Bertz CT molecular complexity index is 284. The van der Waals surface area contributed by atoms with Crippen LogP contribution in [-0.2, 0) is 14.3 Å². The van der Waals surface area contributed by atoms with Gasteiger partial charge < -0.3 is 15.0 Å². The van der Waals surface area contributed by atoms with Crippen molar-refractivity contribution in [3.8, 4) is 0 Å². The quantitative estimate of drug-likeness (QED) is 0.638. The molecule has 0 radical (unpaired) electrons. The highest BCUT2D eigenvalue weighted by atomic mass is 16.5. The first-order valence-electron chi connectivity index (χ1n) is 5.27. The molecule has 0 aromatic rings. The van der Waals surface area contributed by atoms with Gasteiger partial charge in [-0.15, -0.1) is 0 Å². The van der Waals surface area contributed by atoms with E-state index in [0.717, 1.165) is 6.42 Å². The minimum atomic E-state index is -0.219. The molecule has 0 saturated carbocycles. The topological polar surface area (TPSA) is 58.6 Å². The van der Waals surface area contributed by atoms with Crippen molar-refractivity contribution < 1.29 is 14.3 Å². The van der Waals surface area contributed by atoms with Crippen LogP contribution in [0.5, 0.6) is 0 Å². The molecule has 0 aromatic carbocycles. The second kappa shape index (κ2) is 3.81. The average Bonchev–Trinajstić information content (AvgIpc) is 2.55. The summed E-state index contributed by atoms with van der Waals surface area (Å²) in [4.78, 5) is 24.8. The number of hydrogen-bond acceptors (Lipinski definition) is 3. The standard InChI is InChI=1S/C10H16N2O3/c1-10(3-5-15-7-10)12-4-2-8(13)11-6-9(12)14/h2-7H2,1H3,(H,11,13). The van der Waals surface area contributed by atoms with Gasteiger partial charge in [0, 0.05) is 19.6 Å². The molecule has 0 spiro atoms. The summed E-state index contributed by atoms with van der Waals surface area (Å²) >= 11 is 0. The molecule has 2 aliphatic rings. The van der Waals surface area contributed by atoms with Crippen LogP contribution in [0.2, 0.25) is 0 Å². The Labute approximate surface area is 88.8 Å². The van der Waals surface area contributed by atoms with E-state index >= 15 is 0 Å². The fourth-order valence-electron chi connectivity index (χ4n) is 2.14. The minimum Gasteiger partial charge on any atom is -0.379 e. The zero-order valence-corrected chi connectivity index (χ0v) is 8.91. The van der Waals surface area contributed by atoms with E-state index in [4.69, 9.17) is 4.74 Å². The predicted octanol–water partition coefficient (Wildman–Crippen LogP) is -0.486. The Morgan fingerprint density at radius 1 is 1.47 bits per heavy atom. The van der Waals surface area contributed by atoms with Crippen LogP contribution in [0.3, 0.4) is 0 Å². The first kappa shape index (κ1) is 10.4. The van der Waals surface area contributed by atoms with Crippen LogP contribution in [0.25, 0.3) is 0 Å². The molecule has 0 bridgehead atoms. The lowest BCUT2D eigenvalue weighted by Gasteiger charge is -2.36. The predicted molar refractivity (Wildman–Crippen MR) is 53.2 cm³/mol. The van der Waals surface area contributed by atoms with Crippen LogP contribution in [0, 0.1) is 0 Å². The molecule has 0 aliphatic carbocycles. The van der Waals surface area contributed by atoms with Gasteiger partial charge in [0.15, 0.2) is 0 Å². The van der Waals surface area contributed by atoms with Crippen molar-refractivity contribution in [2.45, 2.75) is 25.3 Å². The Hall–Kier alpha value is -1.10. The molecule has 2 fully saturated rings. The number of nitrogens with one attached hydrogen (secondary N) is 1. The van der Waals surface area contributed by atoms with Gasteiger partial charge in [0.25, 0.3) is 0 Å². The van der Waals surface area contributed by atoms with Crippen LogP contribution in [0.15, 0.2) is 0 Å². The molecule has 84 valence electrons. The molecule has 0 aromatic heterocycles. The summed E-state index contributed by atoms with van der Waals surface area (Å²) in [6, 6.07) is 0. The molecular formula is C10H16N2O3. The third kappa shape index (κ3) is 1.97. The van der Waals surface area contributed by atoms with Crippen molar-refractivity contribution in [2.24, 2.45) is 0 Å². The van der Waals surface area contributed by atoms with Crippen LogP contribution in [-0.4, -0.2) is 48.6 Å². The number of amides is 2. The van der Waals surface area contributed by atoms with Gasteiger partial charge >= 0.3 is 0 Å². The lowest BCUT2D eigenvalue weighted by Crippen LogP contribution is -2.51. The molecule has 5 nitrogen and oxygen atoms in total. The van der Waals surface area contributed by atoms with E-state index in [-0.39, 0.29) is 23.9 Å². The minimum absolute atomic E-state index is 0.00569. The monoisotopic (exact) mass is 212 g/mol. The van der Waals surface area contributed by atoms with E-state index in [2.05, 4.69) is 5.32 Å². The zero-order valence-electron chi connectivity index (χ0n) is 8.91. The van der Waals surface area contributed by atoms with E-state index in [0.29, 0.717) is 26.2 Å². The lowest BCUT2D eigenvalue weighted by atomic mass is 9.98. The lowest BCUT2D eigenvalue weighted by molar-refractivity contribution is -0.135. The Balaban J connectivity index is 2.12. The Kier molecular flexibility index (Phi) is 2.65. The van der Waals surface area contributed by atoms with Gasteiger partial charge in [-0.05, 0) is 13.3 Å². The molecule has 2 saturated heterocycles. The van der Waals surface area contributed by atoms with E-state index < -0.39 is 0 Å². The van der Waals surface area contributed by atoms with Crippen molar-refractivity contribution in [1.29, 1.82) is 0 Å². The number of rotatable bonds is 1. The maximum atomic E-state index is 11.8. The third-order valence-electron chi connectivity index (χ3n) is 3.15. The Morgan fingerprint density at radius 3 is 2.93 bits per heavy atom. The van der Waals surface area contributed by atoms with Gasteiger partial charge in [-0.25, -0.2) is 0 Å². The van der Waals surface area contributed by atoms with Crippen LogP contribution < -0.4 is 5.32 Å². The van der Waals surface area contributed by atoms with Crippen molar-refractivity contribution in [3.05, 3.63) is 0 Å². The van der Waals surface area contributed by atoms with Crippen molar-refractivity contribution in [1.82, 2.24) is 10.2 Å². The van der Waals surface area contributed by atoms with Crippen LogP contribution >= 0.6 is 0 Å². The van der Waals surface area contributed by atoms with Gasteiger partial charge in [0.2, 0.25) is 11.8 Å². The molecule has 1 N–H and O–H groups in total. The summed E-state index contributed by atoms with van der Waals surface area (Å²) in [6.45, 7) is 3.92. The first-order chi connectivity index (χ1) is 7.12. The second-order valence-electron chi connectivity index (χ2n) is 4.37. The summed E-state index contributed by atoms with van der Waals surface area (Å²) < 4.78 is 5.33. The molecule has 15 heavy (non-hydrogen) atoms. The summed E-state index contributed by atoms with van der Waals surface area (Å²) in [6.07, 6.45) is 1.24. The number of carbonyl (C=O) groups excluding carboxylic acids is 2. The first-order valence-corrected chi connectivity index (χ1v) is 5.27. The smallest absolute Gasteiger partial charge is 0.242 e. The van der Waals surface area contributed by atoms with E-state index in [1.54, 1.807) is 4.90 Å². The van der Waals surface area contributed by atoms with Gasteiger partial charge in [0.1, 0.15) is 0 Å². The molecule has 1 unspecified atom stereocenters. The average molecular weight is 212 g/mol.